The highest BCUT2D eigenvalue weighted by molar-refractivity contribution is 7.13. The number of anilines is 1. The SMILES string of the molecule is Cc1csc(NC(=O)/C=C/c2ccc(OCc3cccnc3)cc2)n1. The maximum absolute atomic E-state index is 11.9. The molecule has 0 aliphatic rings. The Kier molecular flexibility index (Phi) is 5.53. The summed E-state index contributed by atoms with van der Waals surface area (Å²) in [4.78, 5) is 20.1. The molecule has 6 heteroatoms. The van der Waals surface area contributed by atoms with E-state index in [2.05, 4.69) is 15.3 Å². The van der Waals surface area contributed by atoms with Crippen LogP contribution in [0.5, 0.6) is 5.75 Å². The van der Waals surface area contributed by atoms with E-state index < -0.39 is 0 Å². The van der Waals surface area contributed by atoms with E-state index in [1.165, 1.54) is 17.4 Å². The summed E-state index contributed by atoms with van der Waals surface area (Å²) in [5.41, 5.74) is 2.82. The second-order valence-corrected chi connectivity index (χ2v) is 6.19. The molecule has 0 spiro atoms. The summed E-state index contributed by atoms with van der Waals surface area (Å²) in [5.74, 6) is 0.565. The molecule has 126 valence electrons. The van der Waals surface area contributed by atoms with E-state index in [9.17, 15) is 4.79 Å². The Hall–Kier alpha value is -2.99. The van der Waals surface area contributed by atoms with E-state index in [1.54, 1.807) is 18.5 Å². The molecule has 3 aromatic rings. The summed E-state index contributed by atoms with van der Waals surface area (Å²) < 4.78 is 5.70. The number of nitrogens with one attached hydrogen (secondary N) is 1. The fraction of sp³-hybridized carbons (Fsp3) is 0.105. The normalized spacial score (nSPS) is 10.8. The fourth-order valence-electron chi connectivity index (χ4n) is 2.06. The maximum Gasteiger partial charge on any atom is 0.250 e. The van der Waals surface area contributed by atoms with Crippen LogP contribution in [0.25, 0.3) is 6.08 Å². The topological polar surface area (TPSA) is 64.1 Å². The molecule has 0 fully saturated rings. The van der Waals surface area contributed by atoms with Gasteiger partial charge in [-0.3, -0.25) is 15.1 Å². The molecule has 2 heterocycles. The van der Waals surface area contributed by atoms with Gasteiger partial charge in [0.05, 0.1) is 5.69 Å². The molecule has 2 aromatic heterocycles. The number of aromatic nitrogens is 2. The third kappa shape index (κ3) is 5.26. The number of hydrogen-bond donors (Lipinski definition) is 1. The van der Waals surface area contributed by atoms with E-state index in [0.29, 0.717) is 11.7 Å². The molecule has 0 saturated heterocycles. The number of pyridine rings is 1. The highest BCUT2D eigenvalue weighted by Crippen LogP contribution is 2.16. The average Bonchev–Trinajstić information content (AvgIpc) is 3.04. The number of carbonyl (C=O) groups excluding carboxylic acids is 1. The van der Waals surface area contributed by atoms with E-state index in [-0.39, 0.29) is 5.91 Å². The Morgan fingerprint density at radius 1 is 1.28 bits per heavy atom. The maximum atomic E-state index is 11.9. The molecule has 5 nitrogen and oxygen atoms in total. The summed E-state index contributed by atoms with van der Waals surface area (Å²) >= 11 is 1.41. The van der Waals surface area contributed by atoms with Crippen LogP contribution in [0.4, 0.5) is 5.13 Å². The summed E-state index contributed by atoms with van der Waals surface area (Å²) in [5, 5.41) is 5.23. The lowest BCUT2D eigenvalue weighted by Gasteiger charge is -2.06. The van der Waals surface area contributed by atoms with Crippen molar-refractivity contribution in [1.29, 1.82) is 0 Å². The number of hydrogen-bond acceptors (Lipinski definition) is 5. The van der Waals surface area contributed by atoms with Gasteiger partial charge in [-0.15, -0.1) is 11.3 Å². The standard InChI is InChI=1S/C19H17N3O2S/c1-14-13-25-19(21-14)22-18(23)9-6-15-4-7-17(8-5-15)24-12-16-3-2-10-20-11-16/h2-11,13H,12H2,1H3,(H,21,22,23)/b9-6+. The molecule has 0 unspecified atom stereocenters. The molecule has 3 rings (SSSR count). The predicted octanol–water partition coefficient (Wildman–Crippen LogP) is 4.08. The molecule has 0 atom stereocenters. The van der Waals surface area contributed by atoms with Crippen LogP contribution >= 0.6 is 11.3 Å². The Balaban J connectivity index is 1.52. The molecule has 1 aromatic carbocycles. The largest absolute Gasteiger partial charge is 0.489 e. The molecule has 25 heavy (non-hydrogen) atoms. The number of nitrogens with zero attached hydrogens (tertiary/aromatic N) is 2. The summed E-state index contributed by atoms with van der Waals surface area (Å²) in [6.07, 6.45) is 6.75. The van der Waals surface area contributed by atoms with Gasteiger partial charge < -0.3 is 4.74 Å². The van der Waals surface area contributed by atoms with Gasteiger partial charge in [0.15, 0.2) is 5.13 Å². The lowest BCUT2D eigenvalue weighted by molar-refractivity contribution is -0.111. The zero-order valence-electron chi connectivity index (χ0n) is 13.7. The van der Waals surface area contributed by atoms with Gasteiger partial charge in [-0.05, 0) is 36.8 Å². The van der Waals surface area contributed by atoms with Crippen molar-refractivity contribution in [2.24, 2.45) is 0 Å². The average molecular weight is 351 g/mol. The first-order valence-corrected chi connectivity index (χ1v) is 8.60. The molecule has 0 saturated carbocycles. The highest BCUT2D eigenvalue weighted by Gasteiger charge is 2.02. The Morgan fingerprint density at radius 3 is 2.80 bits per heavy atom. The lowest BCUT2D eigenvalue weighted by atomic mass is 10.2. The zero-order valence-corrected chi connectivity index (χ0v) is 14.5. The summed E-state index contributed by atoms with van der Waals surface area (Å²) in [6.45, 7) is 2.36. The van der Waals surface area contributed by atoms with Crippen molar-refractivity contribution in [3.8, 4) is 5.75 Å². The van der Waals surface area contributed by atoms with E-state index >= 15 is 0 Å². The van der Waals surface area contributed by atoms with Crippen LogP contribution in [0, 0.1) is 6.92 Å². The van der Waals surface area contributed by atoms with Gasteiger partial charge in [0.1, 0.15) is 12.4 Å². The molecule has 0 aliphatic carbocycles. The number of ether oxygens (including phenoxy) is 1. The van der Waals surface area contributed by atoms with E-state index in [1.807, 2.05) is 48.7 Å². The summed E-state index contributed by atoms with van der Waals surface area (Å²) in [6, 6.07) is 11.4. The van der Waals surface area contributed by atoms with Crippen LogP contribution in [0.2, 0.25) is 0 Å². The quantitative estimate of drug-likeness (QED) is 0.680. The third-order valence-corrected chi connectivity index (χ3v) is 4.16. The van der Waals surface area contributed by atoms with Crippen LogP contribution < -0.4 is 10.1 Å². The third-order valence-electron chi connectivity index (χ3n) is 3.28. The van der Waals surface area contributed by atoms with Gasteiger partial charge in [-0.1, -0.05) is 18.2 Å². The van der Waals surface area contributed by atoms with Gasteiger partial charge in [-0.25, -0.2) is 4.98 Å². The first-order valence-electron chi connectivity index (χ1n) is 7.72. The Bertz CT molecular complexity index is 858. The smallest absolute Gasteiger partial charge is 0.250 e. The second kappa shape index (κ2) is 8.21. The molecule has 1 amide bonds. The van der Waals surface area contributed by atoms with Crippen molar-refractivity contribution in [3.63, 3.8) is 0 Å². The molecular formula is C19H17N3O2S. The van der Waals surface area contributed by atoms with E-state index in [0.717, 1.165) is 22.6 Å². The first-order chi connectivity index (χ1) is 12.2. The van der Waals surface area contributed by atoms with Crippen molar-refractivity contribution < 1.29 is 9.53 Å². The van der Waals surface area contributed by atoms with Crippen LogP contribution in [0.3, 0.4) is 0 Å². The monoisotopic (exact) mass is 351 g/mol. The van der Waals surface area contributed by atoms with Gasteiger partial charge in [-0.2, -0.15) is 0 Å². The predicted molar refractivity (Wildman–Crippen MR) is 99.5 cm³/mol. The number of carbonyl (C=O) groups is 1. The first kappa shape index (κ1) is 16.9. The van der Waals surface area contributed by atoms with Gasteiger partial charge >= 0.3 is 0 Å². The van der Waals surface area contributed by atoms with Gasteiger partial charge in [0.25, 0.3) is 0 Å². The molecular weight excluding hydrogens is 334 g/mol. The fourth-order valence-corrected chi connectivity index (χ4v) is 2.75. The number of rotatable bonds is 6. The minimum Gasteiger partial charge on any atom is -0.489 e. The van der Waals surface area contributed by atoms with Crippen LogP contribution in [-0.2, 0) is 11.4 Å². The van der Waals surface area contributed by atoms with E-state index in [4.69, 9.17) is 4.74 Å². The highest BCUT2D eigenvalue weighted by atomic mass is 32.1. The van der Waals surface area contributed by atoms with Crippen molar-refractivity contribution in [3.05, 3.63) is 77.1 Å². The Labute approximate surface area is 150 Å². The zero-order chi connectivity index (χ0) is 17.5. The minimum atomic E-state index is -0.203. The molecule has 1 N–H and O–H groups in total. The number of benzene rings is 1. The molecule has 0 radical (unpaired) electrons. The second-order valence-electron chi connectivity index (χ2n) is 5.34. The minimum absolute atomic E-state index is 0.203. The van der Waals surface area contributed by atoms with Gasteiger partial charge in [0.2, 0.25) is 5.91 Å². The number of thiazole rings is 1. The van der Waals surface area contributed by atoms with Crippen molar-refractivity contribution >= 4 is 28.5 Å². The Morgan fingerprint density at radius 2 is 2.12 bits per heavy atom. The number of amides is 1. The number of aryl methyl sites for hydroxylation is 1. The molecule has 0 aliphatic heterocycles. The van der Waals surface area contributed by atoms with Gasteiger partial charge in [0, 0.05) is 29.4 Å². The summed E-state index contributed by atoms with van der Waals surface area (Å²) in [7, 11) is 0. The van der Waals surface area contributed by atoms with Crippen molar-refractivity contribution in [2.45, 2.75) is 13.5 Å². The van der Waals surface area contributed by atoms with Crippen LogP contribution in [-0.4, -0.2) is 15.9 Å². The lowest BCUT2D eigenvalue weighted by Crippen LogP contribution is -2.07. The molecule has 0 bridgehead atoms. The van der Waals surface area contributed by atoms with Crippen LogP contribution in [0.15, 0.2) is 60.2 Å². The van der Waals surface area contributed by atoms with Crippen molar-refractivity contribution in [1.82, 2.24) is 9.97 Å². The van der Waals surface area contributed by atoms with Crippen LogP contribution in [0.1, 0.15) is 16.8 Å². The van der Waals surface area contributed by atoms with Crippen molar-refractivity contribution in [2.75, 3.05) is 5.32 Å².